The molecular weight excluding hydrogens is 376 g/mol. The molecule has 2 heterocycles. The van der Waals surface area contributed by atoms with Crippen LogP contribution in [0.1, 0.15) is 40.5 Å². The first kappa shape index (κ1) is 18.1. The normalized spacial score (nSPS) is 14.3. The Hall–Kier alpha value is -3.23. The molecule has 1 aromatic carbocycles. The van der Waals surface area contributed by atoms with Crippen LogP contribution in [0.15, 0.2) is 42.6 Å². The molecule has 0 aliphatic heterocycles. The number of hydrogen-bond donors (Lipinski definition) is 1. The molecule has 0 saturated heterocycles. The van der Waals surface area contributed by atoms with Crippen LogP contribution in [0.3, 0.4) is 0 Å². The van der Waals surface area contributed by atoms with E-state index in [9.17, 15) is 22.4 Å². The molecule has 4 rings (SSSR count). The van der Waals surface area contributed by atoms with E-state index < -0.39 is 23.6 Å². The summed E-state index contributed by atoms with van der Waals surface area (Å²) in [4.78, 5) is 15.5. The van der Waals surface area contributed by atoms with Crippen LogP contribution in [-0.4, -0.2) is 20.7 Å². The van der Waals surface area contributed by atoms with Gasteiger partial charge >= 0.3 is 6.18 Å². The van der Waals surface area contributed by atoms with Crippen molar-refractivity contribution in [1.82, 2.24) is 14.8 Å². The number of carbonyl (C=O) groups is 1. The lowest BCUT2D eigenvalue weighted by atomic mass is 10.0. The summed E-state index contributed by atoms with van der Waals surface area (Å²) in [7, 11) is 0. The minimum atomic E-state index is -4.55. The van der Waals surface area contributed by atoms with Gasteiger partial charge in [0.25, 0.3) is 5.91 Å². The van der Waals surface area contributed by atoms with E-state index in [-0.39, 0.29) is 22.9 Å². The number of amides is 1. The largest absolute Gasteiger partial charge is 0.435 e. The van der Waals surface area contributed by atoms with Gasteiger partial charge in [-0.25, -0.2) is 14.1 Å². The van der Waals surface area contributed by atoms with Gasteiger partial charge < -0.3 is 5.73 Å². The second kappa shape index (κ2) is 6.43. The summed E-state index contributed by atoms with van der Waals surface area (Å²) in [6.45, 7) is 0. The highest BCUT2D eigenvalue weighted by Gasteiger charge is 2.38. The number of carbonyl (C=O) groups excluding carboxylic acids is 1. The van der Waals surface area contributed by atoms with Crippen molar-refractivity contribution >= 4 is 5.91 Å². The smallest absolute Gasteiger partial charge is 0.366 e. The topological polar surface area (TPSA) is 73.8 Å². The maximum Gasteiger partial charge on any atom is 0.435 e. The van der Waals surface area contributed by atoms with E-state index in [0.717, 1.165) is 18.9 Å². The van der Waals surface area contributed by atoms with E-state index in [4.69, 9.17) is 5.73 Å². The predicted molar refractivity (Wildman–Crippen MR) is 92.2 cm³/mol. The van der Waals surface area contributed by atoms with Crippen molar-refractivity contribution in [2.45, 2.75) is 24.9 Å². The van der Waals surface area contributed by atoms with Gasteiger partial charge in [0, 0.05) is 28.9 Å². The third kappa shape index (κ3) is 3.23. The van der Waals surface area contributed by atoms with E-state index in [1.165, 1.54) is 41.2 Å². The minimum absolute atomic E-state index is 0.0229. The van der Waals surface area contributed by atoms with E-state index in [2.05, 4.69) is 10.1 Å². The third-order valence-electron chi connectivity index (χ3n) is 4.56. The molecule has 144 valence electrons. The highest BCUT2D eigenvalue weighted by atomic mass is 19.4. The fraction of sp³-hybridized carbons (Fsp3) is 0.211. The molecule has 9 heteroatoms. The molecule has 2 N–H and O–H groups in total. The maximum atomic E-state index is 14.5. The van der Waals surface area contributed by atoms with Crippen LogP contribution < -0.4 is 5.73 Å². The van der Waals surface area contributed by atoms with E-state index >= 15 is 0 Å². The highest BCUT2D eigenvalue weighted by molar-refractivity contribution is 5.94. The minimum Gasteiger partial charge on any atom is -0.366 e. The molecule has 0 atom stereocenters. The summed E-state index contributed by atoms with van der Waals surface area (Å²) in [6, 6.07) is 8.24. The first-order valence-electron chi connectivity index (χ1n) is 8.48. The zero-order chi connectivity index (χ0) is 20.1. The van der Waals surface area contributed by atoms with Gasteiger partial charge in [0.05, 0.1) is 5.56 Å². The number of pyridine rings is 1. The molecule has 1 saturated carbocycles. The number of benzene rings is 1. The van der Waals surface area contributed by atoms with Gasteiger partial charge in [-0.15, -0.1) is 0 Å². The third-order valence-corrected chi connectivity index (χ3v) is 4.56. The number of rotatable bonds is 4. The predicted octanol–water partition coefficient (Wildman–Crippen LogP) is 4.07. The molecule has 1 amide bonds. The van der Waals surface area contributed by atoms with Gasteiger partial charge in [0.15, 0.2) is 11.5 Å². The van der Waals surface area contributed by atoms with Crippen molar-refractivity contribution in [3.63, 3.8) is 0 Å². The fourth-order valence-corrected chi connectivity index (χ4v) is 3.00. The summed E-state index contributed by atoms with van der Waals surface area (Å²) in [5.74, 6) is -1.45. The van der Waals surface area contributed by atoms with Crippen LogP contribution >= 0.6 is 0 Å². The van der Waals surface area contributed by atoms with Gasteiger partial charge in [0.1, 0.15) is 5.82 Å². The highest BCUT2D eigenvalue weighted by Crippen LogP contribution is 2.42. The molecule has 2 aromatic heterocycles. The molecule has 1 fully saturated rings. The zero-order valence-electron chi connectivity index (χ0n) is 14.4. The Balaban J connectivity index is 1.73. The lowest BCUT2D eigenvalue weighted by Crippen LogP contribution is -2.13. The maximum absolute atomic E-state index is 14.5. The molecular formula is C19H14F4N4O. The average molecular weight is 390 g/mol. The number of hydrogen-bond acceptors (Lipinski definition) is 3. The van der Waals surface area contributed by atoms with Crippen LogP contribution in [0.4, 0.5) is 17.6 Å². The number of nitrogens with two attached hydrogens (primary N) is 1. The molecule has 0 radical (unpaired) electrons. The molecule has 0 spiro atoms. The average Bonchev–Trinajstić information content (AvgIpc) is 3.39. The van der Waals surface area contributed by atoms with Crippen molar-refractivity contribution in [3.8, 4) is 16.9 Å². The van der Waals surface area contributed by atoms with Gasteiger partial charge in [-0.05, 0) is 37.1 Å². The molecule has 0 bridgehead atoms. The standard InChI is InChI=1S/C19H14F4N4O/c20-17-12(2-1-3-13(17)18(24)28)11-6-7-16(25-9-11)27-14(10-4-5-10)8-15(26-27)19(21,22)23/h1-3,6-10H,4-5H2,(H2,24,28). The summed E-state index contributed by atoms with van der Waals surface area (Å²) < 4.78 is 54.8. The number of primary amides is 1. The number of alkyl halides is 3. The molecule has 5 nitrogen and oxygen atoms in total. The quantitative estimate of drug-likeness (QED) is 0.683. The second-order valence-corrected chi connectivity index (χ2v) is 6.57. The van der Waals surface area contributed by atoms with Crippen LogP contribution in [0.25, 0.3) is 16.9 Å². The number of aromatic nitrogens is 3. The Morgan fingerprint density at radius 3 is 2.50 bits per heavy atom. The monoisotopic (exact) mass is 390 g/mol. The number of halogens is 4. The van der Waals surface area contributed by atoms with Gasteiger partial charge in [-0.2, -0.15) is 18.3 Å². The Kier molecular flexibility index (Phi) is 4.17. The van der Waals surface area contributed by atoms with Crippen LogP contribution in [0, 0.1) is 5.82 Å². The van der Waals surface area contributed by atoms with Crippen molar-refractivity contribution in [2.75, 3.05) is 0 Å². The Morgan fingerprint density at radius 2 is 1.93 bits per heavy atom. The van der Waals surface area contributed by atoms with Crippen molar-refractivity contribution in [2.24, 2.45) is 5.73 Å². The van der Waals surface area contributed by atoms with Crippen molar-refractivity contribution in [3.05, 3.63) is 65.4 Å². The molecule has 1 aliphatic rings. The summed E-state index contributed by atoms with van der Waals surface area (Å²) in [5.41, 5.74) is 4.86. The molecule has 0 unspecified atom stereocenters. The molecule has 1 aliphatic carbocycles. The summed E-state index contributed by atoms with van der Waals surface area (Å²) in [5, 5.41) is 3.66. The molecule has 28 heavy (non-hydrogen) atoms. The van der Waals surface area contributed by atoms with Crippen LogP contribution in [0.2, 0.25) is 0 Å². The summed E-state index contributed by atoms with van der Waals surface area (Å²) >= 11 is 0. The Labute approximate surface area is 156 Å². The van der Waals surface area contributed by atoms with E-state index in [1.807, 2.05) is 0 Å². The second-order valence-electron chi connectivity index (χ2n) is 6.57. The summed E-state index contributed by atoms with van der Waals surface area (Å²) in [6.07, 6.45) is -1.63. The van der Waals surface area contributed by atoms with Crippen molar-refractivity contribution < 1.29 is 22.4 Å². The fourth-order valence-electron chi connectivity index (χ4n) is 3.00. The Morgan fingerprint density at radius 1 is 1.18 bits per heavy atom. The first-order valence-corrected chi connectivity index (χ1v) is 8.48. The van der Waals surface area contributed by atoms with Gasteiger partial charge in [0.2, 0.25) is 0 Å². The molecule has 3 aromatic rings. The zero-order valence-corrected chi connectivity index (χ0v) is 14.4. The van der Waals surface area contributed by atoms with Gasteiger partial charge in [-0.1, -0.05) is 12.1 Å². The van der Waals surface area contributed by atoms with Crippen LogP contribution in [-0.2, 0) is 6.18 Å². The lowest BCUT2D eigenvalue weighted by Gasteiger charge is -2.09. The van der Waals surface area contributed by atoms with Gasteiger partial charge in [-0.3, -0.25) is 4.79 Å². The van der Waals surface area contributed by atoms with Crippen LogP contribution in [0.5, 0.6) is 0 Å². The van der Waals surface area contributed by atoms with E-state index in [0.29, 0.717) is 11.3 Å². The first-order chi connectivity index (χ1) is 13.3. The van der Waals surface area contributed by atoms with Crippen molar-refractivity contribution in [1.29, 1.82) is 0 Å². The SMILES string of the molecule is NC(=O)c1cccc(-c2ccc(-n3nc(C(F)(F)F)cc3C3CC3)nc2)c1F. The van der Waals surface area contributed by atoms with E-state index in [1.54, 1.807) is 0 Å². The number of nitrogens with zero attached hydrogens (tertiary/aromatic N) is 3. The lowest BCUT2D eigenvalue weighted by molar-refractivity contribution is -0.141. The Bertz CT molecular complexity index is 1050.